The zero-order valence-electron chi connectivity index (χ0n) is 10.8. The van der Waals surface area contributed by atoms with Gasteiger partial charge in [-0.25, -0.2) is 0 Å². The molecule has 0 aliphatic carbocycles. The average molecular weight is 324 g/mol. The van der Waals surface area contributed by atoms with Gasteiger partial charge in [-0.1, -0.05) is 34.1 Å². The van der Waals surface area contributed by atoms with E-state index in [0.29, 0.717) is 12.5 Å². The van der Waals surface area contributed by atoms with Gasteiger partial charge >= 0.3 is 0 Å². The summed E-state index contributed by atoms with van der Waals surface area (Å²) in [6.07, 6.45) is 2.29. The molecule has 4 heteroatoms. The van der Waals surface area contributed by atoms with Crippen LogP contribution >= 0.6 is 15.9 Å². The van der Waals surface area contributed by atoms with Gasteiger partial charge in [0, 0.05) is 24.0 Å². The minimum Gasteiger partial charge on any atom is -0.492 e. The smallest absolute Gasteiger partial charge is 0.233 e. The summed E-state index contributed by atoms with van der Waals surface area (Å²) < 4.78 is 5.61. The lowest BCUT2D eigenvalue weighted by atomic mass is 10.00. The first-order valence-corrected chi connectivity index (χ1v) is 7.98. The van der Waals surface area contributed by atoms with E-state index in [-0.39, 0.29) is 11.8 Å². The summed E-state index contributed by atoms with van der Waals surface area (Å²) in [4.78, 5) is 14.6. The largest absolute Gasteiger partial charge is 0.492 e. The Morgan fingerprint density at radius 3 is 3.11 bits per heavy atom. The fourth-order valence-electron chi connectivity index (χ4n) is 3.01. The van der Waals surface area contributed by atoms with E-state index in [4.69, 9.17) is 4.74 Å². The first kappa shape index (κ1) is 13.0. The lowest BCUT2D eigenvalue weighted by Gasteiger charge is -2.20. The van der Waals surface area contributed by atoms with Gasteiger partial charge in [-0.05, 0) is 24.8 Å². The second-order valence-corrected chi connectivity index (χ2v) is 6.11. The summed E-state index contributed by atoms with van der Waals surface area (Å²) in [6.45, 7) is 2.30. The summed E-state index contributed by atoms with van der Waals surface area (Å²) in [6, 6.07) is 7.89. The van der Waals surface area contributed by atoms with E-state index < -0.39 is 0 Å². The van der Waals surface area contributed by atoms with Crippen molar-refractivity contribution in [2.24, 2.45) is 5.92 Å². The molecule has 1 aromatic rings. The van der Waals surface area contributed by atoms with Crippen LogP contribution in [0.2, 0.25) is 0 Å². The molecule has 0 aromatic heterocycles. The maximum absolute atomic E-state index is 12.6. The summed E-state index contributed by atoms with van der Waals surface area (Å²) in [5.41, 5.74) is 1.05. The molecule has 0 radical (unpaired) electrons. The molecule has 3 rings (SSSR count). The number of rotatable bonds is 3. The van der Waals surface area contributed by atoms with E-state index in [0.717, 1.165) is 42.6 Å². The lowest BCUT2D eigenvalue weighted by Crippen LogP contribution is -2.34. The van der Waals surface area contributed by atoms with Crippen molar-refractivity contribution in [2.45, 2.75) is 18.8 Å². The van der Waals surface area contributed by atoms with Crippen LogP contribution in [-0.2, 0) is 4.79 Å². The first-order chi connectivity index (χ1) is 9.29. The van der Waals surface area contributed by atoms with Crippen molar-refractivity contribution in [1.29, 1.82) is 0 Å². The van der Waals surface area contributed by atoms with Crippen molar-refractivity contribution in [3.8, 4) is 5.75 Å². The van der Waals surface area contributed by atoms with E-state index in [1.807, 2.05) is 29.2 Å². The van der Waals surface area contributed by atoms with Gasteiger partial charge in [0.25, 0.3) is 0 Å². The van der Waals surface area contributed by atoms with Crippen molar-refractivity contribution < 1.29 is 9.53 Å². The molecule has 1 amide bonds. The van der Waals surface area contributed by atoms with Gasteiger partial charge in [0.2, 0.25) is 5.91 Å². The second kappa shape index (κ2) is 5.53. The summed E-state index contributed by atoms with van der Waals surface area (Å²) >= 11 is 3.48. The van der Waals surface area contributed by atoms with Gasteiger partial charge in [0.1, 0.15) is 18.3 Å². The number of benzene rings is 1. The fraction of sp³-hybridized carbons (Fsp3) is 0.533. The molecule has 2 unspecified atom stereocenters. The van der Waals surface area contributed by atoms with Crippen LogP contribution in [0.5, 0.6) is 5.75 Å². The minimum absolute atomic E-state index is 0.0982. The van der Waals surface area contributed by atoms with E-state index in [1.54, 1.807) is 0 Å². The van der Waals surface area contributed by atoms with Gasteiger partial charge in [0.05, 0.1) is 0 Å². The predicted molar refractivity (Wildman–Crippen MR) is 77.8 cm³/mol. The van der Waals surface area contributed by atoms with Crippen LogP contribution in [0.1, 0.15) is 24.3 Å². The van der Waals surface area contributed by atoms with Crippen LogP contribution in [0.15, 0.2) is 24.3 Å². The quantitative estimate of drug-likeness (QED) is 0.800. The van der Waals surface area contributed by atoms with Crippen molar-refractivity contribution in [2.75, 3.05) is 25.0 Å². The number of amides is 1. The van der Waals surface area contributed by atoms with Crippen LogP contribution in [0.3, 0.4) is 0 Å². The highest BCUT2D eigenvalue weighted by molar-refractivity contribution is 9.09. The standard InChI is InChI=1S/C15H18BrNO2/c16-7-5-11-6-8-17(9-11)15(18)13-10-19-14-4-2-1-3-12(13)14/h1-4,11,13H,5-10H2. The highest BCUT2D eigenvalue weighted by Gasteiger charge is 2.35. The average Bonchev–Trinajstić information content (AvgIpc) is 3.05. The number of carbonyl (C=O) groups is 1. The number of alkyl halides is 1. The number of fused-ring (bicyclic) bond motifs is 1. The Hall–Kier alpha value is -1.03. The first-order valence-electron chi connectivity index (χ1n) is 6.86. The third-order valence-corrected chi connectivity index (χ3v) is 4.57. The van der Waals surface area contributed by atoms with Gasteiger partial charge in [-0.15, -0.1) is 0 Å². The van der Waals surface area contributed by atoms with E-state index >= 15 is 0 Å². The Bertz CT molecular complexity index is 477. The summed E-state index contributed by atoms with van der Waals surface area (Å²) in [5.74, 6) is 1.67. The van der Waals surface area contributed by atoms with Gasteiger partial charge in [-0.2, -0.15) is 0 Å². The Labute approximate surface area is 122 Å². The van der Waals surface area contributed by atoms with E-state index in [1.165, 1.54) is 0 Å². The molecule has 2 aliphatic rings. The van der Waals surface area contributed by atoms with Crippen molar-refractivity contribution in [1.82, 2.24) is 4.90 Å². The van der Waals surface area contributed by atoms with Crippen molar-refractivity contribution in [3.63, 3.8) is 0 Å². The number of hydrogen-bond acceptors (Lipinski definition) is 2. The molecule has 2 aliphatic heterocycles. The van der Waals surface area contributed by atoms with E-state index in [2.05, 4.69) is 15.9 Å². The molecule has 1 aromatic carbocycles. The summed E-state index contributed by atoms with van der Waals surface area (Å²) in [5, 5.41) is 1.02. The molecule has 1 saturated heterocycles. The highest BCUT2D eigenvalue weighted by Crippen LogP contribution is 2.35. The molecule has 3 nitrogen and oxygen atoms in total. The molecular weight excluding hydrogens is 306 g/mol. The highest BCUT2D eigenvalue weighted by atomic mass is 79.9. The molecule has 102 valence electrons. The molecular formula is C15H18BrNO2. The molecule has 0 N–H and O–H groups in total. The van der Waals surface area contributed by atoms with Gasteiger partial charge < -0.3 is 9.64 Å². The molecule has 2 heterocycles. The van der Waals surface area contributed by atoms with Crippen LogP contribution in [-0.4, -0.2) is 35.8 Å². The SMILES string of the molecule is O=C(C1COc2ccccc21)N1CCC(CCBr)C1. The summed E-state index contributed by atoms with van der Waals surface area (Å²) in [7, 11) is 0. The van der Waals surface area contributed by atoms with Gasteiger partial charge in [-0.3, -0.25) is 4.79 Å². The Morgan fingerprint density at radius 1 is 1.42 bits per heavy atom. The zero-order valence-corrected chi connectivity index (χ0v) is 12.4. The fourth-order valence-corrected chi connectivity index (χ4v) is 3.66. The lowest BCUT2D eigenvalue weighted by molar-refractivity contribution is -0.132. The molecule has 2 atom stereocenters. The number of carbonyl (C=O) groups excluding carboxylic acids is 1. The Balaban J connectivity index is 1.69. The van der Waals surface area contributed by atoms with Crippen molar-refractivity contribution in [3.05, 3.63) is 29.8 Å². The Kier molecular flexibility index (Phi) is 3.78. The third-order valence-electron chi connectivity index (χ3n) is 4.11. The van der Waals surface area contributed by atoms with Gasteiger partial charge in [0.15, 0.2) is 0 Å². The zero-order chi connectivity index (χ0) is 13.2. The molecule has 19 heavy (non-hydrogen) atoms. The normalized spacial score (nSPS) is 25.2. The van der Waals surface area contributed by atoms with Crippen LogP contribution in [0, 0.1) is 5.92 Å². The van der Waals surface area contributed by atoms with Crippen LogP contribution < -0.4 is 4.74 Å². The molecule has 1 fully saturated rings. The third kappa shape index (κ3) is 2.50. The number of likely N-dealkylation sites (tertiary alicyclic amines) is 1. The van der Waals surface area contributed by atoms with Crippen molar-refractivity contribution >= 4 is 21.8 Å². The molecule has 0 bridgehead atoms. The number of hydrogen-bond donors (Lipinski definition) is 0. The Morgan fingerprint density at radius 2 is 2.26 bits per heavy atom. The number of para-hydroxylation sites is 1. The maximum atomic E-state index is 12.6. The number of halogens is 1. The number of nitrogens with zero attached hydrogens (tertiary/aromatic N) is 1. The topological polar surface area (TPSA) is 29.5 Å². The molecule has 0 saturated carbocycles. The number of ether oxygens (including phenoxy) is 1. The predicted octanol–water partition coefficient (Wildman–Crippen LogP) is 2.80. The minimum atomic E-state index is -0.0982. The maximum Gasteiger partial charge on any atom is 0.233 e. The monoisotopic (exact) mass is 323 g/mol. The van der Waals surface area contributed by atoms with E-state index in [9.17, 15) is 4.79 Å². The second-order valence-electron chi connectivity index (χ2n) is 5.32. The van der Waals surface area contributed by atoms with Crippen LogP contribution in [0.4, 0.5) is 0 Å². The van der Waals surface area contributed by atoms with Crippen LogP contribution in [0.25, 0.3) is 0 Å². The molecule has 0 spiro atoms.